The van der Waals surface area contributed by atoms with Gasteiger partial charge in [-0.1, -0.05) is 6.07 Å². The number of benzene rings is 1. The number of aryl methyl sites for hydroxylation is 4. The number of imidazole rings is 1. The van der Waals surface area contributed by atoms with Crippen molar-refractivity contribution in [3.63, 3.8) is 0 Å². The Labute approximate surface area is 164 Å². The van der Waals surface area contributed by atoms with Crippen LogP contribution in [0, 0.1) is 27.7 Å². The molecule has 3 rings (SSSR count). The second-order valence-electron chi connectivity index (χ2n) is 6.69. The van der Waals surface area contributed by atoms with Gasteiger partial charge in [0.1, 0.15) is 23.3 Å². The van der Waals surface area contributed by atoms with Crippen LogP contribution in [0.15, 0.2) is 36.7 Å². The number of hydrogen-bond donors (Lipinski definition) is 3. The van der Waals surface area contributed by atoms with Gasteiger partial charge in [0.2, 0.25) is 0 Å². The van der Waals surface area contributed by atoms with Gasteiger partial charge in [0.05, 0.1) is 0 Å². The number of aromatic nitrogens is 4. The molecule has 0 saturated heterocycles. The van der Waals surface area contributed by atoms with Crippen molar-refractivity contribution >= 4 is 17.5 Å². The van der Waals surface area contributed by atoms with Gasteiger partial charge in [0.15, 0.2) is 0 Å². The van der Waals surface area contributed by atoms with E-state index in [1.165, 1.54) is 0 Å². The molecule has 0 fully saturated rings. The van der Waals surface area contributed by atoms with Crippen LogP contribution in [-0.4, -0.2) is 38.6 Å². The highest BCUT2D eigenvalue weighted by molar-refractivity contribution is 5.89. The van der Waals surface area contributed by atoms with E-state index in [-0.39, 0.29) is 6.03 Å². The van der Waals surface area contributed by atoms with Crippen molar-refractivity contribution in [1.29, 1.82) is 0 Å². The number of amides is 2. The van der Waals surface area contributed by atoms with E-state index >= 15 is 0 Å². The summed E-state index contributed by atoms with van der Waals surface area (Å²) in [6.07, 6.45) is 3.60. The molecular weight excluding hydrogens is 354 g/mol. The zero-order valence-electron chi connectivity index (χ0n) is 16.6. The highest BCUT2D eigenvalue weighted by Gasteiger charge is 2.07. The molecule has 3 N–H and O–H groups in total. The first-order valence-corrected chi connectivity index (χ1v) is 9.14. The molecule has 0 bridgehead atoms. The highest BCUT2D eigenvalue weighted by Crippen LogP contribution is 2.14. The molecule has 0 aliphatic heterocycles. The van der Waals surface area contributed by atoms with E-state index in [2.05, 4.69) is 37.0 Å². The minimum Gasteiger partial charge on any atom is -0.368 e. The van der Waals surface area contributed by atoms with Crippen molar-refractivity contribution in [2.75, 3.05) is 23.7 Å². The summed E-state index contributed by atoms with van der Waals surface area (Å²) in [5.74, 6) is 2.97. The third-order valence-corrected chi connectivity index (χ3v) is 4.09. The van der Waals surface area contributed by atoms with Gasteiger partial charge in [-0.3, -0.25) is 4.57 Å². The van der Waals surface area contributed by atoms with Crippen LogP contribution in [-0.2, 0) is 0 Å². The molecule has 2 heterocycles. The van der Waals surface area contributed by atoms with Crippen molar-refractivity contribution in [3.8, 4) is 5.82 Å². The maximum atomic E-state index is 12.1. The maximum Gasteiger partial charge on any atom is 0.319 e. The number of carbonyl (C=O) groups excluding carboxylic acids is 1. The van der Waals surface area contributed by atoms with Gasteiger partial charge in [-0.2, -0.15) is 0 Å². The molecule has 146 valence electrons. The molecule has 1 aromatic carbocycles. The van der Waals surface area contributed by atoms with Gasteiger partial charge < -0.3 is 16.0 Å². The van der Waals surface area contributed by atoms with E-state index in [1.807, 2.05) is 56.7 Å². The van der Waals surface area contributed by atoms with Crippen LogP contribution >= 0.6 is 0 Å². The summed E-state index contributed by atoms with van der Waals surface area (Å²) < 4.78 is 1.90. The first kappa shape index (κ1) is 19.3. The summed E-state index contributed by atoms with van der Waals surface area (Å²) in [4.78, 5) is 25.1. The van der Waals surface area contributed by atoms with Crippen LogP contribution in [0.4, 0.5) is 16.3 Å². The largest absolute Gasteiger partial charge is 0.368 e. The fourth-order valence-corrected chi connectivity index (χ4v) is 2.97. The molecule has 0 aliphatic carbocycles. The minimum atomic E-state index is -0.236. The molecule has 3 aromatic rings. The smallest absolute Gasteiger partial charge is 0.319 e. The van der Waals surface area contributed by atoms with Crippen LogP contribution in [0.3, 0.4) is 0 Å². The SMILES string of the molecule is Cc1cc(C)cc(NC(=O)NCCNc2cc(-n3ccnc3C)nc(C)n2)c1. The lowest BCUT2D eigenvalue weighted by Crippen LogP contribution is -2.32. The van der Waals surface area contributed by atoms with Crippen LogP contribution in [0.5, 0.6) is 0 Å². The Hall–Kier alpha value is -3.42. The second-order valence-corrected chi connectivity index (χ2v) is 6.69. The molecular formula is C20H25N7O. The van der Waals surface area contributed by atoms with E-state index < -0.39 is 0 Å². The fourth-order valence-electron chi connectivity index (χ4n) is 2.97. The lowest BCUT2D eigenvalue weighted by atomic mass is 10.1. The third-order valence-electron chi connectivity index (χ3n) is 4.09. The number of nitrogens with zero attached hydrogens (tertiary/aromatic N) is 4. The van der Waals surface area contributed by atoms with Gasteiger partial charge in [0.25, 0.3) is 0 Å². The van der Waals surface area contributed by atoms with Crippen molar-refractivity contribution in [2.45, 2.75) is 27.7 Å². The molecule has 0 aliphatic rings. The Morgan fingerprint density at radius 3 is 2.43 bits per heavy atom. The Bertz CT molecular complexity index is 960. The van der Waals surface area contributed by atoms with E-state index in [0.717, 1.165) is 28.5 Å². The van der Waals surface area contributed by atoms with Crippen molar-refractivity contribution in [2.24, 2.45) is 0 Å². The first-order valence-electron chi connectivity index (χ1n) is 9.14. The zero-order valence-corrected chi connectivity index (χ0v) is 16.6. The Morgan fingerprint density at radius 2 is 1.75 bits per heavy atom. The average molecular weight is 379 g/mol. The van der Waals surface area contributed by atoms with Crippen LogP contribution < -0.4 is 16.0 Å². The molecule has 0 unspecified atom stereocenters. The lowest BCUT2D eigenvalue weighted by molar-refractivity contribution is 0.252. The van der Waals surface area contributed by atoms with Crippen molar-refractivity contribution in [1.82, 2.24) is 24.8 Å². The quantitative estimate of drug-likeness (QED) is 0.572. The number of carbonyl (C=O) groups is 1. The van der Waals surface area contributed by atoms with Gasteiger partial charge in [-0.25, -0.2) is 19.7 Å². The topological polar surface area (TPSA) is 96.8 Å². The summed E-state index contributed by atoms with van der Waals surface area (Å²) in [6, 6.07) is 7.57. The molecule has 0 atom stereocenters. The van der Waals surface area contributed by atoms with Crippen LogP contribution in [0.2, 0.25) is 0 Å². The summed E-state index contributed by atoms with van der Waals surface area (Å²) in [7, 11) is 0. The van der Waals surface area contributed by atoms with Gasteiger partial charge in [-0.05, 0) is 51.0 Å². The fraction of sp³-hybridized carbons (Fsp3) is 0.300. The summed E-state index contributed by atoms with van der Waals surface area (Å²) in [5, 5.41) is 8.90. The summed E-state index contributed by atoms with van der Waals surface area (Å²) >= 11 is 0. The zero-order chi connectivity index (χ0) is 20.1. The molecule has 2 amide bonds. The van der Waals surface area contributed by atoms with Crippen LogP contribution in [0.1, 0.15) is 22.8 Å². The monoisotopic (exact) mass is 379 g/mol. The number of hydrogen-bond acceptors (Lipinski definition) is 5. The Morgan fingerprint density at radius 1 is 1.00 bits per heavy atom. The van der Waals surface area contributed by atoms with Crippen molar-refractivity contribution in [3.05, 3.63) is 59.4 Å². The van der Waals surface area contributed by atoms with E-state index in [4.69, 9.17) is 0 Å². The predicted octanol–water partition coefficient (Wildman–Crippen LogP) is 3.13. The maximum absolute atomic E-state index is 12.1. The molecule has 8 heteroatoms. The third kappa shape index (κ3) is 5.06. The van der Waals surface area contributed by atoms with E-state index in [0.29, 0.717) is 24.7 Å². The summed E-state index contributed by atoms with van der Waals surface area (Å²) in [5.41, 5.74) is 3.01. The number of anilines is 2. The molecule has 2 aromatic heterocycles. The lowest BCUT2D eigenvalue weighted by Gasteiger charge is -2.11. The van der Waals surface area contributed by atoms with Gasteiger partial charge in [0, 0.05) is 37.2 Å². The standard InChI is InChI=1S/C20H25N7O/c1-13-9-14(2)11-17(10-13)26-20(28)23-6-5-22-18-12-19(25-15(3)24-18)27-8-7-21-16(27)4/h7-12H,5-6H2,1-4H3,(H,22,24,25)(H2,23,26,28). The Balaban J connectivity index is 1.52. The second kappa shape index (κ2) is 8.51. The molecule has 8 nitrogen and oxygen atoms in total. The molecule has 0 spiro atoms. The molecule has 28 heavy (non-hydrogen) atoms. The summed E-state index contributed by atoms with van der Waals surface area (Å²) in [6.45, 7) is 8.77. The minimum absolute atomic E-state index is 0.236. The molecule has 0 radical (unpaired) electrons. The first-order chi connectivity index (χ1) is 13.4. The number of nitrogens with one attached hydrogen (secondary N) is 3. The van der Waals surface area contributed by atoms with Gasteiger partial charge in [-0.15, -0.1) is 0 Å². The Kier molecular flexibility index (Phi) is 5.88. The highest BCUT2D eigenvalue weighted by atomic mass is 16.2. The van der Waals surface area contributed by atoms with Crippen molar-refractivity contribution < 1.29 is 4.79 Å². The predicted molar refractivity (Wildman–Crippen MR) is 110 cm³/mol. The van der Waals surface area contributed by atoms with E-state index in [9.17, 15) is 4.79 Å². The van der Waals surface area contributed by atoms with E-state index in [1.54, 1.807) is 6.20 Å². The van der Waals surface area contributed by atoms with Gasteiger partial charge >= 0.3 is 6.03 Å². The number of urea groups is 1. The van der Waals surface area contributed by atoms with Crippen LogP contribution in [0.25, 0.3) is 5.82 Å². The molecule has 0 saturated carbocycles. The average Bonchev–Trinajstić information content (AvgIpc) is 3.03. The normalized spacial score (nSPS) is 10.6. The number of rotatable bonds is 6.